The van der Waals surface area contributed by atoms with E-state index in [1.54, 1.807) is 18.2 Å². The summed E-state index contributed by atoms with van der Waals surface area (Å²) in [7, 11) is 0. The molecule has 8 heteroatoms. The topological polar surface area (TPSA) is 64.4 Å². The Hall–Kier alpha value is -3.03. The van der Waals surface area contributed by atoms with Crippen LogP contribution in [-0.2, 0) is 17.8 Å². The van der Waals surface area contributed by atoms with Crippen molar-refractivity contribution in [1.29, 1.82) is 0 Å². The number of hydrogen-bond acceptors (Lipinski definition) is 4. The minimum absolute atomic E-state index is 0.0732. The molecule has 0 saturated heterocycles. The SMILES string of the molecule is O=C(Cc1noc2ccccc12)NCc1ccc(OCC(F)(F)F)cc1. The average molecular weight is 364 g/mol. The van der Waals surface area contributed by atoms with Crippen LogP contribution in [0.1, 0.15) is 11.3 Å². The highest BCUT2D eigenvalue weighted by atomic mass is 19.4. The van der Waals surface area contributed by atoms with Gasteiger partial charge in [-0.15, -0.1) is 0 Å². The highest BCUT2D eigenvalue weighted by Gasteiger charge is 2.28. The molecule has 0 radical (unpaired) electrons. The van der Waals surface area contributed by atoms with Crippen LogP contribution in [0.15, 0.2) is 53.1 Å². The molecule has 1 heterocycles. The van der Waals surface area contributed by atoms with E-state index < -0.39 is 12.8 Å². The van der Waals surface area contributed by atoms with Gasteiger partial charge in [0.1, 0.15) is 11.4 Å². The van der Waals surface area contributed by atoms with E-state index in [0.717, 1.165) is 10.9 Å². The van der Waals surface area contributed by atoms with Gasteiger partial charge in [-0.3, -0.25) is 4.79 Å². The molecule has 0 aliphatic rings. The number of rotatable bonds is 6. The summed E-state index contributed by atoms with van der Waals surface area (Å²) in [6.07, 6.45) is -4.30. The molecule has 5 nitrogen and oxygen atoms in total. The molecule has 136 valence electrons. The second-order valence-electron chi connectivity index (χ2n) is 5.63. The number of aromatic nitrogens is 1. The number of nitrogens with one attached hydrogen (secondary N) is 1. The van der Waals surface area contributed by atoms with E-state index in [9.17, 15) is 18.0 Å². The summed E-state index contributed by atoms with van der Waals surface area (Å²) in [5.74, 6) is -0.118. The number of halogens is 3. The van der Waals surface area contributed by atoms with Gasteiger partial charge in [0, 0.05) is 11.9 Å². The predicted octanol–water partition coefficient (Wildman–Crippen LogP) is 3.63. The summed E-state index contributed by atoms with van der Waals surface area (Å²) in [6, 6.07) is 13.3. The number of fused-ring (bicyclic) bond motifs is 1. The van der Waals surface area contributed by atoms with Gasteiger partial charge < -0.3 is 14.6 Å². The van der Waals surface area contributed by atoms with Crippen molar-refractivity contribution < 1.29 is 27.2 Å². The fraction of sp³-hybridized carbons (Fsp3) is 0.222. The summed E-state index contributed by atoms with van der Waals surface area (Å²) in [6.45, 7) is -1.09. The fourth-order valence-electron chi connectivity index (χ4n) is 2.35. The monoisotopic (exact) mass is 364 g/mol. The number of alkyl halides is 3. The van der Waals surface area contributed by atoms with Crippen molar-refractivity contribution in [3.05, 3.63) is 59.8 Å². The molecule has 3 aromatic rings. The third-order valence-electron chi connectivity index (χ3n) is 3.60. The molecule has 1 amide bonds. The van der Waals surface area contributed by atoms with Gasteiger partial charge in [0.05, 0.1) is 6.42 Å². The first kappa shape index (κ1) is 17.8. The number of para-hydroxylation sites is 1. The number of hydrogen-bond donors (Lipinski definition) is 1. The Kier molecular flexibility index (Phi) is 5.11. The molecule has 3 rings (SSSR count). The summed E-state index contributed by atoms with van der Waals surface area (Å²) >= 11 is 0. The van der Waals surface area contributed by atoms with Crippen molar-refractivity contribution in [3.8, 4) is 5.75 Å². The van der Waals surface area contributed by atoms with Crippen LogP contribution in [0, 0.1) is 0 Å². The van der Waals surface area contributed by atoms with Crippen LogP contribution >= 0.6 is 0 Å². The Balaban J connectivity index is 1.51. The standard InChI is InChI=1S/C18H15F3N2O3/c19-18(20,21)11-25-13-7-5-12(6-8-13)10-22-17(24)9-15-14-3-1-2-4-16(14)26-23-15/h1-8H,9-11H2,(H,22,24). The number of carbonyl (C=O) groups is 1. The molecule has 0 spiro atoms. The first-order chi connectivity index (χ1) is 12.4. The summed E-state index contributed by atoms with van der Waals surface area (Å²) in [5.41, 5.74) is 1.90. The Morgan fingerprint density at radius 1 is 1.12 bits per heavy atom. The Morgan fingerprint density at radius 3 is 2.58 bits per heavy atom. The lowest BCUT2D eigenvalue weighted by molar-refractivity contribution is -0.153. The smallest absolute Gasteiger partial charge is 0.422 e. The maximum absolute atomic E-state index is 12.1. The predicted molar refractivity (Wildman–Crippen MR) is 87.6 cm³/mol. The van der Waals surface area contributed by atoms with E-state index in [-0.39, 0.29) is 24.6 Å². The molecule has 1 aromatic heterocycles. The van der Waals surface area contributed by atoms with Gasteiger partial charge in [-0.2, -0.15) is 13.2 Å². The number of benzene rings is 2. The van der Waals surface area contributed by atoms with Gasteiger partial charge in [0.2, 0.25) is 5.91 Å². The average Bonchev–Trinajstić information content (AvgIpc) is 3.01. The number of amides is 1. The van der Waals surface area contributed by atoms with E-state index in [1.165, 1.54) is 12.1 Å². The normalized spacial score (nSPS) is 11.5. The van der Waals surface area contributed by atoms with Crippen molar-refractivity contribution in [2.75, 3.05) is 6.61 Å². The van der Waals surface area contributed by atoms with Crippen molar-refractivity contribution in [3.63, 3.8) is 0 Å². The zero-order chi connectivity index (χ0) is 18.6. The summed E-state index contributed by atoms with van der Waals surface area (Å²) in [4.78, 5) is 12.1. The van der Waals surface area contributed by atoms with Crippen LogP contribution in [-0.4, -0.2) is 23.8 Å². The van der Waals surface area contributed by atoms with Crippen molar-refractivity contribution in [2.24, 2.45) is 0 Å². The van der Waals surface area contributed by atoms with Crippen LogP contribution in [0.5, 0.6) is 5.75 Å². The van der Waals surface area contributed by atoms with E-state index >= 15 is 0 Å². The van der Waals surface area contributed by atoms with E-state index in [1.807, 2.05) is 18.2 Å². The highest BCUT2D eigenvalue weighted by Crippen LogP contribution is 2.19. The molecule has 0 fully saturated rings. The maximum Gasteiger partial charge on any atom is 0.422 e. The molecule has 0 aliphatic carbocycles. The van der Waals surface area contributed by atoms with E-state index in [2.05, 4.69) is 15.2 Å². The second kappa shape index (κ2) is 7.47. The van der Waals surface area contributed by atoms with E-state index in [0.29, 0.717) is 11.3 Å². The van der Waals surface area contributed by atoms with Crippen LogP contribution < -0.4 is 10.1 Å². The van der Waals surface area contributed by atoms with Gasteiger partial charge >= 0.3 is 6.18 Å². The number of ether oxygens (including phenoxy) is 1. The minimum Gasteiger partial charge on any atom is -0.484 e. The van der Waals surface area contributed by atoms with Gasteiger partial charge in [-0.05, 0) is 29.8 Å². The first-order valence-electron chi connectivity index (χ1n) is 7.79. The Morgan fingerprint density at radius 2 is 1.85 bits per heavy atom. The third-order valence-corrected chi connectivity index (χ3v) is 3.60. The molecule has 0 unspecified atom stereocenters. The van der Waals surface area contributed by atoms with Gasteiger partial charge in [-0.25, -0.2) is 0 Å². The lowest BCUT2D eigenvalue weighted by Gasteiger charge is -2.10. The van der Waals surface area contributed by atoms with Crippen LogP contribution in [0.3, 0.4) is 0 Å². The molecule has 1 N–H and O–H groups in total. The van der Waals surface area contributed by atoms with E-state index in [4.69, 9.17) is 4.52 Å². The first-order valence-corrected chi connectivity index (χ1v) is 7.79. The number of nitrogens with zero attached hydrogens (tertiary/aromatic N) is 1. The number of carbonyl (C=O) groups excluding carboxylic acids is 1. The van der Waals surface area contributed by atoms with Crippen molar-refractivity contribution in [2.45, 2.75) is 19.1 Å². The molecular weight excluding hydrogens is 349 g/mol. The maximum atomic E-state index is 12.1. The summed E-state index contributed by atoms with van der Waals surface area (Å²) in [5, 5.41) is 7.42. The Bertz CT molecular complexity index is 889. The molecule has 2 aromatic carbocycles. The molecule has 0 saturated carbocycles. The largest absolute Gasteiger partial charge is 0.484 e. The van der Waals surface area contributed by atoms with Crippen molar-refractivity contribution >= 4 is 16.9 Å². The van der Waals surface area contributed by atoms with Crippen molar-refractivity contribution in [1.82, 2.24) is 10.5 Å². The lowest BCUT2D eigenvalue weighted by atomic mass is 10.1. The highest BCUT2D eigenvalue weighted by molar-refractivity contribution is 5.86. The molecule has 26 heavy (non-hydrogen) atoms. The zero-order valence-corrected chi connectivity index (χ0v) is 13.5. The third kappa shape index (κ3) is 4.75. The quantitative estimate of drug-likeness (QED) is 0.726. The van der Waals surface area contributed by atoms with Gasteiger partial charge in [0.25, 0.3) is 0 Å². The Labute approximate surface area is 146 Å². The molecular formula is C18H15F3N2O3. The molecule has 0 bridgehead atoms. The zero-order valence-electron chi connectivity index (χ0n) is 13.5. The van der Waals surface area contributed by atoms with Crippen LogP contribution in [0.4, 0.5) is 13.2 Å². The minimum atomic E-state index is -4.38. The second-order valence-corrected chi connectivity index (χ2v) is 5.63. The van der Waals surface area contributed by atoms with Crippen LogP contribution in [0.2, 0.25) is 0 Å². The summed E-state index contributed by atoms with van der Waals surface area (Å²) < 4.78 is 46.1. The molecule has 0 aliphatic heterocycles. The lowest BCUT2D eigenvalue weighted by Crippen LogP contribution is -2.24. The fourth-order valence-corrected chi connectivity index (χ4v) is 2.35. The molecule has 0 atom stereocenters. The van der Waals surface area contributed by atoms with Gasteiger partial charge in [0.15, 0.2) is 12.2 Å². The van der Waals surface area contributed by atoms with Crippen LogP contribution in [0.25, 0.3) is 11.0 Å². The van der Waals surface area contributed by atoms with Gasteiger partial charge in [-0.1, -0.05) is 29.4 Å².